The second-order valence-corrected chi connectivity index (χ2v) is 4.84. The van der Waals surface area contributed by atoms with Gasteiger partial charge in [-0.2, -0.15) is 0 Å². The van der Waals surface area contributed by atoms with Crippen molar-refractivity contribution in [3.8, 4) is 0 Å². The van der Waals surface area contributed by atoms with Gasteiger partial charge in [0.2, 0.25) is 0 Å². The van der Waals surface area contributed by atoms with Crippen LogP contribution in [0.1, 0.15) is 29.8 Å². The summed E-state index contributed by atoms with van der Waals surface area (Å²) >= 11 is 0. The zero-order valence-electron chi connectivity index (χ0n) is 10.6. The summed E-state index contributed by atoms with van der Waals surface area (Å²) in [6.45, 7) is 1.21. The van der Waals surface area contributed by atoms with Crippen LogP contribution in [-0.4, -0.2) is 46.1 Å². The Balaban J connectivity index is 1.82. The van der Waals surface area contributed by atoms with Gasteiger partial charge in [0, 0.05) is 6.54 Å². The number of nitrogens with one attached hydrogen (secondary N) is 1. The quantitative estimate of drug-likeness (QED) is 0.583. The highest BCUT2D eigenvalue weighted by molar-refractivity contribution is 5.92. The maximum absolute atomic E-state index is 12.5. The van der Waals surface area contributed by atoms with Crippen molar-refractivity contribution in [2.24, 2.45) is 5.84 Å². The second kappa shape index (κ2) is 5.10. The Bertz CT molecular complexity index is 481. The van der Waals surface area contributed by atoms with E-state index in [2.05, 4.69) is 15.4 Å². The Morgan fingerprint density at radius 3 is 3.21 bits per heavy atom. The third-order valence-electron chi connectivity index (χ3n) is 3.74. The van der Waals surface area contributed by atoms with Crippen molar-refractivity contribution in [3.63, 3.8) is 0 Å². The van der Waals surface area contributed by atoms with Gasteiger partial charge in [-0.1, -0.05) is 0 Å². The highest BCUT2D eigenvalue weighted by Gasteiger charge is 2.39. The molecule has 0 aromatic carbocycles. The van der Waals surface area contributed by atoms with Crippen LogP contribution in [0.3, 0.4) is 0 Å². The molecule has 2 fully saturated rings. The van der Waals surface area contributed by atoms with E-state index in [4.69, 9.17) is 10.6 Å². The molecule has 2 aliphatic rings. The van der Waals surface area contributed by atoms with Gasteiger partial charge in [0.25, 0.3) is 5.91 Å². The van der Waals surface area contributed by atoms with Crippen LogP contribution in [0.4, 0.5) is 5.82 Å². The average Bonchev–Trinajstić information content (AvgIpc) is 2.95. The normalized spacial score (nSPS) is 26.1. The third kappa shape index (κ3) is 2.26. The Labute approximate surface area is 111 Å². The molecule has 19 heavy (non-hydrogen) atoms. The molecule has 102 valence electrons. The van der Waals surface area contributed by atoms with Crippen molar-refractivity contribution < 1.29 is 9.53 Å². The van der Waals surface area contributed by atoms with Crippen LogP contribution in [-0.2, 0) is 4.74 Å². The van der Waals surface area contributed by atoms with Gasteiger partial charge in [-0.3, -0.25) is 9.78 Å². The van der Waals surface area contributed by atoms with Gasteiger partial charge < -0.3 is 15.1 Å². The fraction of sp³-hybridized carbons (Fsp3) is 0.583. The number of rotatable bonds is 2. The molecule has 3 N–H and O–H groups in total. The summed E-state index contributed by atoms with van der Waals surface area (Å²) in [5.41, 5.74) is 2.72. The number of anilines is 1. The Kier molecular flexibility index (Phi) is 3.31. The molecule has 0 bridgehead atoms. The fourth-order valence-corrected chi connectivity index (χ4v) is 2.86. The predicted octanol–water partition coefficient (Wildman–Crippen LogP) is 0.156. The minimum atomic E-state index is -0.0928. The molecule has 2 heterocycles. The number of carbonyl (C=O) groups is 1. The maximum Gasteiger partial charge on any atom is 0.274 e. The van der Waals surface area contributed by atoms with E-state index in [1.54, 1.807) is 0 Å². The molecular weight excluding hydrogens is 246 g/mol. The molecule has 0 radical (unpaired) electrons. The summed E-state index contributed by atoms with van der Waals surface area (Å²) in [6.07, 6.45) is 6.27. The van der Waals surface area contributed by atoms with E-state index in [-0.39, 0.29) is 18.1 Å². The van der Waals surface area contributed by atoms with Crippen LogP contribution in [0, 0.1) is 0 Å². The van der Waals surface area contributed by atoms with Crippen LogP contribution in [0.25, 0.3) is 0 Å². The number of amides is 1. The minimum Gasteiger partial charge on any atom is -0.374 e. The fourth-order valence-electron chi connectivity index (χ4n) is 2.86. The molecule has 2 atom stereocenters. The molecule has 1 aliphatic heterocycles. The summed E-state index contributed by atoms with van der Waals surface area (Å²) < 4.78 is 5.70. The van der Waals surface area contributed by atoms with Gasteiger partial charge in [-0.15, -0.1) is 0 Å². The number of hydrogen-bond donors (Lipinski definition) is 2. The lowest BCUT2D eigenvalue weighted by Gasteiger charge is -2.37. The van der Waals surface area contributed by atoms with Crippen molar-refractivity contribution in [1.29, 1.82) is 0 Å². The van der Waals surface area contributed by atoms with Crippen LogP contribution in [0.5, 0.6) is 0 Å². The molecule has 3 rings (SSSR count). The molecule has 2 unspecified atom stereocenters. The average molecular weight is 263 g/mol. The topological polar surface area (TPSA) is 93.4 Å². The van der Waals surface area contributed by atoms with Crippen molar-refractivity contribution in [3.05, 3.63) is 18.1 Å². The van der Waals surface area contributed by atoms with Crippen LogP contribution < -0.4 is 11.3 Å². The van der Waals surface area contributed by atoms with Crippen LogP contribution in [0.15, 0.2) is 12.4 Å². The number of nitrogen functional groups attached to an aromatic ring is 1. The summed E-state index contributed by atoms with van der Waals surface area (Å²) in [6, 6.07) is 0.178. The first-order chi connectivity index (χ1) is 9.29. The maximum atomic E-state index is 12.5. The molecule has 1 saturated heterocycles. The molecule has 1 aromatic heterocycles. The summed E-state index contributed by atoms with van der Waals surface area (Å²) in [4.78, 5) is 22.5. The molecule has 7 heteroatoms. The Morgan fingerprint density at radius 1 is 1.47 bits per heavy atom. The van der Waals surface area contributed by atoms with E-state index >= 15 is 0 Å². The van der Waals surface area contributed by atoms with E-state index in [0.717, 1.165) is 19.3 Å². The molecule has 1 saturated carbocycles. The lowest BCUT2D eigenvalue weighted by molar-refractivity contribution is -0.0447. The van der Waals surface area contributed by atoms with Gasteiger partial charge >= 0.3 is 0 Å². The first-order valence-corrected chi connectivity index (χ1v) is 6.51. The van der Waals surface area contributed by atoms with E-state index in [1.807, 2.05) is 4.90 Å². The van der Waals surface area contributed by atoms with Crippen molar-refractivity contribution in [1.82, 2.24) is 14.9 Å². The van der Waals surface area contributed by atoms with Gasteiger partial charge in [0.05, 0.1) is 31.1 Å². The van der Waals surface area contributed by atoms with Crippen LogP contribution >= 0.6 is 0 Å². The van der Waals surface area contributed by atoms with Gasteiger partial charge in [-0.05, 0) is 19.3 Å². The Hall–Kier alpha value is -1.73. The van der Waals surface area contributed by atoms with E-state index < -0.39 is 0 Å². The highest BCUT2D eigenvalue weighted by Crippen LogP contribution is 2.30. The van der Waals surface area contributed by atoms with Gasteiger partial charge in [0.1, 0.15) is 5.69 Å². The number of hydrogen-bond acceptors (Lipinski definition) is 6. The lowest BCUT2D eigenvalue weighted by atomic mass is 10.1. The zero-order valence-corrected chi connectivity index (χ0v) is 10.6. The number of ether oxygens (including phenoxy) is 1. The SMILES string of the molecule is NNc1cncc(C(=O)N2CCOC3CCCC32)n1. The second-order valence-electron chi connectivity index (χ2n) is 4.84. The standard InChI is InChI=1S/C12H17N5O2/c13-16-11-7-14-6-8(15-11)12(18)17-4-5-19-10-3-1-2-9(10)17/h6-7,9-10H,1-5,13H2,(H,15,16). The van der Waals surface area contributed by atoms with E-state index in [1.165, 1.54) is 12.4 Å². The third-order valence-corrected chi connectivity index (χ3v) is 3.74. The smallest absolute Gasteiger partial charge is 0.274 e. The first-order valence-electron chi connectivity index (χ1n) is 6.51. The van der Waals surface area contributed by atoms with Gasteiger partial charge in [0.15, 0.2) is 5.82 Å². The number of fused-ring (bicyclic) bond motifs is 1. The van der Waals surface area contributed by atoms with Crippen molar-refractivity contribution in [2.75, 3.05) is 18.6 Å². The van der Waals surface area contributed by atoms with Gasteiger partial charge in [-0.25, -0.2) is 10.8 Å². The summed E-state index contributed by atoms with van der Waals surface area (Å²) in [7, 11) is 0. The van der Waals surface area contributed by atoms with E-state index in [9.17, 15) is 4.79 Å². The number of nitrogens with two attached hydrogens (primary N) is 1. The minimum absolute atomic E-state index is 0.0928. The number of morpholine rings is 1. The largest absolute Gasteiger partial charge is 0.374 e. The zero-order chi connectivity index (χ0) is 13.2. The number of nitrogens with zero attached hydrogens (tertiary/aromatic N) is 3. The molecular formula is C12H17N5O2. The summed E-state index contributed by atoms with van der Waals surface area (Å²) in [5, 5.41) is 0. The van der Waals surface area contributed by atoms with Crippen molar-refractivity contribution in [2.45, 2.75) is 31.4 Å². The molecule has 1 amide bonds. The molecule has 0 spiro atoms. The Morgan fingerprint density at radius 2 is 2.37 bits per heavy atom. The molecule has 1 aromatic rings. The van der Waals surface area contributed by atoms with Crippen LogP contribution in [0.2, 0.25) is 0 Å². The summed E-state index contributed by atoms with van der Waals surface area (Å²) in [5.74, 6) is 5.58. The molecule has 1 aliphatic carbocycles. The first kappa shape index (κ1) is 12.3. The lowest BCUT2D eigenvalue weighted by Crippen LogP contribution is -2.51. The highest BCUT2D eigenvalue weighted by atomic mass is 16.5. The number of hydrazine groups is 1. The van der Waals surface area contributed by atoms with Crippen molar-refractivity contribution >= 4 is 11.7 Å². The number of carbonyl (C=O) groups excluding carboxylic acids is 1. The predicted molar refractivity (Wildman–Crippen MR) is 68.3 cm³/mol. The number of aromatic nitrogens is 2. The molecule has 7 nitrogen and oxygen atoms in total. The monoisotopic (exact) mass is 263 g/mol. The van der Waals surface area contributed by atoms with E-state index in [0.29, 0.717) is 24.7 Å².